The number of hydrogen-bond acceptors (Lipinski definition) is 7. The van der Waals surface area contributed by atoms with E-state index in [-0.39, 0.29) is 28.7 Å². The van der Waals surface area contributed by atoms with Crippen molar-refractivity contribution in [1.82, 2.24) is 4.98 Å². The van der Waals surface area contributed by atoms with Crippen molar-refractivity contribution in [3.63, 3.8) is 0 Å². The van der Waals surface area contributed by atoms with Crippen LogP contribution in [0.5, 0.6) is 0 Å². The van der Waals surface area contributed by atoms with Gasteiger partial charge in [0, 0.05) is 11.6 Å². The molecule has 1 aromatic rings. The molecule has 2 unspecified atom stereocenters. The number of aliphatic hydroxyl groups is 2. The smallest absolute Gasteiger partial charge is 0.308 e. The topological polar surface area (TPSA) is 123 Å². The molecule has 0 spiro atoms. The minimum Gasteiger partial charge on any atom is -0.466 e. The molecule has 116 valence electrons. The summed E-state index contributed by atoms with van der Waals surface area (Å²) < 4.78 is 4.64. The number of esters is 1. The summed E-state index contributed by atoms with van der Waals surface area (Å²) in [5.74, 6) is -0.699. The zero-order chi connectivity index (χ0) is 16.2. The number of halogens is 1. The van der Waals surface area contributed by atoms with Gasteiger partial charge in [-0.2, -0.15) is 0 Å². The standard InChI is InChI=1S/C12H15ClN2O6/c1-3-21-10(17)5-9(16)11(18)7-4-8(15(19)20)6(2)14-12(7)13/h4,9,11,16,18H,3,5H2,1-2H3. The summed E-state index contributed by atoms with van der Waals surface area (Å²) in [6.45, 7) is 3.14. The van der Waals surface area contributed by atoms with Gasteiger partial charge in [-0.25, -0.2) is 4.98 Å². The van der Waals surface area contributed by atoms with Crippen LogP contribution in [0.25, 0.3) is 0 Å². The Morgan fingerprint density at radius 1 is 1.57 bits per heavy atom. The number of rotatable bonds is 6. The van der Waals surface area contributed by atoms with Crippen molar-refractivity contribution >= 4 is 23.3 Å². The van der Waals surface area contributed by atoms with E-state index in [4.69, 9.17) is 11.6 Å². The lowest BCUT2D eigenvalue weighted by Crippen LogP contribution is -2.23. The summed E-state index contributed by atoms with van der Waals surface area (Å²) in [6.07, 6.45) is -3.56. The second-order valence-corrected chi connectivity index (χ2v) is 4.61. The van der Waals surface area contributed by atoms with Crippen LogP contribution in [0.3, 0.4) is 0 Å². The second-order valence-electron chi connectivity index (χ2n) is 4.25. The van der Waals surface area contributed by atoms with E-state index in [1.54, 1.807) is 6.92 Å². The lowest BCUT2D eigenvalue weighted by molar-refractivity contribution is -0.385. The molecule has 0 amide bonds. The first-order chi connectivity index (χ1) is 9.77. The first-order valence-electron chi connectivity index (χ1n) is 6.11. The van der Waals surface area contributed by atoms with Crippen LogP contribution >= 0.6 is 11.6 Å². The van der Waals surface area contributed by atoms with Gasteiger partial charge in [0.05, 0.1) is 24.1 Å². The molecule has 0 bridgehead atoms. The van der Waals surface area contributed by atoms with Gasteiger partial charge >= 0.3 is 5.97 Å². The Morgan fingerprint density at radius 3 is 2.71 bits per heavy atom. The molecule has 0 aliphatic carbocycles. The van der Waals surface area contributed by atoms with Crippen molar-refractivity contribution in [2.75, 3.05) is 6.61 Å². The van der Waals surface area contributed by atoms with Crippen LogP contribution in [0.15, 0.2) is 6.07 Å². The van der Waals surface area contributed by atoms with E-state index in [1.807, 2.05) is 0 Å². The molecule has 1 heterocycles. The summed E-state index contributed by atoms with van der Waals surface area (Å²) in [4.78, 5) is 25.2. The van der Waals surface area contributed by atoms with Crippen LogP contribution in [0.1, 0.15) is 30.7 Å². The zero-order valence-electron chi connectivity index (χ0n) is 11.4. The zero-order valence-corrected chi connectivity index (χ0v) is 12.2. The average Bonchev–Trinajstić information content (AvgIpc) is 2.37. The predicted octanol–water partition coefficient (Wildman–Crippen LogP) is 1.30. The van der Waals surface area contributed by atoms with Crippen LogP contribution in [0, 0.1) is 17.0 Å². The molecule has 0 aliphatic heterocycles. The molecule has 9 heteroatoms. The lowest BCUT2D eigenvalue weighted by atomic mass is 10.0. The normalized spacial score (nSPS) is 13.6. The predicted molar refractivity (Wildman–Crippen MR) is 72.9 cm³/mol. The average molecular weight is 319 g/mol. The van der Waals surface area contributed by atoms with Crippen LogP contribution in [0.2, 0.25) is 5.15 Å². The number of aryl methyl sites for hydroxylation is 1. The Morgan fingerprint density at radius 2 is 2.19 bits per heavy atom. The Kier molecular flexibility index (Phi) is 6.01. The second kappa shape index (κ2) is 7.30. The molecule has 0 radical (unpaired) electrons. The largest absolute Gasteiger partial charge is 0.466 e. The van der Waals surface area contributed by atoms with Crippen molar-refractivity contribution in [3.8, 4) is 0 Å². The van der Waals surface area contributed by atoms with Gasteiger partial charge in [0.2, 0.25) is 0 Å². The van der Waals surface area contributed by atoms with E-state index >= 15 is 0 Å². The maximum absolute atomic E-state index is 11.3. The molecule has 0 saturated heterocycles. The molecule has 8 nitrogen and oxygen atoms in total. The van der Waals surface area contributed by atoms with E-state index in [9.17, 15) is 25.1 Å². The maximum atomic E-state index is 11.3. The van der Waals surface area contributed by atoms with Gasteiger partial charge in [-0.1, -0.05) is 11.6 Å². The van der Waals surface area contributed by atoms with Crippen molar-refractivity contribution < 1.29 is 24.7 Å². The van der Waals surface area contributed by atoms with Crippen LogP contribution in [-0.4, -0.2) is 38.8 Å². The highest BCUT2D eigenvalue weighted by atomic mass is 35.5. The fraction of sp³-hybridized carbons (Fsp3) is 0.500. The number of ether oxygens (including phenoxy) is 1. The Labute approximate surface area is 125 Å². The van der Waals surface area contributed by atoms with Gasteiger partial charge in [0.1, 0.15) is 17.0 Å². The molecule has 0 saturated carbocycles. The number of carbonyl (C=O) groups is 1. The molecule has 2 N–H and O–H groups in total. The molecule has 1 rings (SSSR count). The number of hydrogen-bond donors (Lipinski definition) is 2. The third-order valence-corrected chi connectivity index (χ3v) is 3.03. The van der Waals surface area contributed by atoms with E-state index in [0.717, 1.165) is 6.07 Å². The highest BCUT2D eigenvalue weighted by Gasteiger charge is 2.27. The molecule has 2 atom stereocenters. The Bertz CT molecular complexity index is 551. The molecule has 0 aromatic carbocycles. The van der Waals surface area contributed by atoms with Crippen LogP contribution in [-0.2, 0) is 9.53 Å². The van der Waals surface area contributed by atoms with Gasteiger partial charge in [-0.3, -0.25) is 14.9 Å². The van der Waals surface area contributed by atoms with Crippen LogP contribution < -0.4 is 0 Å². The first-order valence-corrected chi connectivity index (χ1v) is 6.48. The van der Waals surface area contributed by atoms with E-state index < -0.39 is 29.5 Å². The number of aliphatic hydroxyl groups excluding tert-OH is 2. The third kappa shape index (κ3) is 4.35. The van der Waals surface area contributed by atoms with Crippen molar-refractivity contribution in [3.05, 3.63) is 32.6 Å². The van der Waals surface area contributed by atoms with E-state index in [2.05, 4.69) is 9.72 Å². The monoisotopic (exact) mass is 318 g/mol. The summed E-state index contributed by atoms with van der Waals surface area (Å²) in [6, 6.07) is 1.03. The SMILES string of the molecule is CCOC(=O)CC(O)C(O)c1cc([N+](=O)[O-])c(C)nc1Cl. The van der Waals surface area contributed by atoms with Crippen molar-refractivity contribution in [2.45, 2.75) is 32.5 Å². The number of aromatic nitrogens is 1. The summed E-state index contributed by atoms with van der Waals surface area (Å²) >= 11 is 5.82. The fourth-order valence-corrected chi connectivity index (χ4v) is 1.98. The molecule has 21 heavy (non-hydrogen) atoms. The highest BCUT2D eigenvalue weighted by Crippen LogP contribution is 2.30. The third-order valence-electron chi connectivity index (χ3n) is 2.73. The fourth-order valence-electron chi connectivity index (χ4n) is 1.68. The minimum absolute atomic E-state index is 0.0841. The number of carbonyl (C=O) groups excluding carboxylic acids is 1. The Balaban J connectivity index is 3.01. The van der Waals surface area contributed by atoms with Gasteiger partial charge in [-0.05, 0) is 13.8 Å². The highest BCUT2D eigenvalue weighted by molar-refractivity contribution is 6.30. The molecule has 1 aromatic heterocycles. The van der Waals surface area contributed by atoms with Crippen molar-refractivity contribution in [1.29, 1.82) is 0 Å². The molecular weight excluding hydrogens is 304 g/mol. The molecular formula is C12H15ClN2O6. The summed E-state index contributed by atoms with van der Waals surface area (Å²) in [5.41, 5.74) is -0.372. The first kappa shape index (κ1) is 17.3. The van der Waals surface area contributed by atoms with Gasteiger partial charge in [0.15, 0.2) is 0 Å². The Hall–Kier alpha value is -1.77. The number of nitro groups is 1. The van der Waals surface area contributed by atoms with Crippen molar-refractivity contribution in [2.24, 2.45) is 0 Å². The van der Waals surface area contributed by atoms with Gasteiger partial charge < -0.3 is 14.9 Å². The van der Waals surface area contributed by atoms with Gasteiger partial charge in [0.25, 0.3) is 5.69 Å². The molecule has 0 fully saturated rings. The quantitative estimate of drug-likeness (QED) is 0.350. The summed E-state index contributed by atoms with van der Waals surface area (Å²) in [5, 5.41) is 30.4. The number of nitrogens with zero attached hydrogens (tertiary/aromatic N) is 2. The maximum Gasteiger partial charge on any atom is 0.308 e. The number of pyridine rings is 1. The van der Waals surface area contributed by atoms with Crippen LogP contribution in [0.4, 0.5) is 5.69 Å². The minimum atomic E-state index is -1.59. The van der Waals surface area contributed by atoms with Gasteiger partial charge in [-0.15, -0.1) is 0 Å². The van der Waals surface area contributed by atoms with E-state index in [0.29, 0.717) is 0 Å². The summed E-state index contributed by atoms with van der Waals surface area (Å²) in [7, 11) is 0. The van der Waals surface area contributed by atoms with E-state index in [1.165, 1.54) is 6.92 Å². The lowest BCUT2D eigenvalue weighted by Gasteiger charge is -2.18. The molecule has 0 aliphatic rings.